The number of hydrogen-bond acceptors (Lipinski definition) is 3. The maximum absolute atomic E-state index is 13.2. The zero-order chi connectivity index (χ0) is 23.6. The van der Waals surface area contributed by atoms with Crippen LogP contribution in [0.3, 0.4) is 0 Å². The predicted molar refractivity (Wildman–Crippen MR) is 141 cm³/mol. The van der Waals surface area contributed by atoms with E-state index in [2.05, 4.69) is 22.8 Å². The maximum Gasteiger partial charge on any atom is 0.238 e. The Morgan fingerprint density at radius 2 is 1.35 bits per heavy atom. The molecule has 0 saturated heterocycles. The number of anilines is 1. The number of nitrogens with one attached hydrogen (secondary N) is 2. The second kappa shape index (κ2) is 11.8. The zero-order valence-electron chi connectivity index (χ0n) is 18.7. The van der Waals surface area contributed by atoms with Crippen molar-refractivity contribution >= 4 is 28.9 Å². The molecule has 4 aromatic carbocycles. The summed E-state index contributed by atoms with van der Waals surface area (Å²) in [5.74, 6) is 0.0847. The fourth-order valence-corrected chi connectivity index (χ4v) is 3.95. The molecule has 0 fully saturated rings. The Morgan fingerprint density at radius 1 is 0.765 bits per heavy atom. The molecular weight excluding hydrogens is 440 g/mol. The molecule has 4 nitrogen and oxygen atoms in total. The molecule has 0 spiro atoms. The Hall–Kier alpha value is -3.96. The molecule has 0 atom stereocenters. The highest BCUT2D eigenvalue weighted by molar-refractivity contribution is 7.80. The van der Waals surface area contributed by atoms with Gasteiger partial charge in [0.1, 0.15) is 5.75 Å². The smallest absolute Gasteiger partial charge is 0.238 e. The first-order chi connectivity index (χ1) is 16.7. The second-order valence-corrected chi connectivity index (χ2v) is 8.22. The summed E-state index contributed by atoms with van der Waals surface area (Å²) in [4.78, 5) is 13.2. The number of carbonyl (C=O) groups excluding carboxylic acids is 1. The van der Waals surface area contributed by atoms with Crippen LogP contribution >= 0.6 is 12.2 Å². The van der Waals surface area contributed by atoms with Crippen molar-refractivity contribution in [2.24, 2.45) is 0 Å². The quantitative estimate of drug-likeness (QED) is 0.315. The van der Waals surface area contributed by atoms with Crippen LogP contribution in [-0.2, 0) is 11.2 Å². The minimum Gasteiger partial charge on any atom is -0.493 e. The number of hydrogen-bond donors (Lipinski definition) is 2. The van der Waals surface area contributed by atoms with E-state index in [4.69, 9.17) is 17.0 Å². The molecule has 170 valence electrons. The molecule has 0 aliphatic carbocycles. The summed E-state index contributed by atoms with van der Waals surface area (Å²) in [6.45, 7) is 0.574. The average Bonchev–Trinajstić information content (AvgIpc) is 2.86. The monoisotopic (exact) mass is 466 g/mol. The largest absolute Gasteiger partial charge is 0.493 e. The van der Waals surface area contributed by atoms with Crippen LogP contribution in [0.15, 0.2) is 115 Å². The van der Waals surface area contributed by atoms with E-state index in [1.807, 2.05) is 103 Å². The van der Waals surface area contributed by atoms with Crippen LogP contribution in [0.2, 0.25) is 0 Å². The van der Waals surface area contributed by atoms with Crippen molar-refractivity contribution in [1.82, 2.24) is 5.32 Å². The van der Waals surface area contributed by atoms with Gasteiger partial charge in [0.05, 0.1) is 12.5 Å². The van der Waals surface area contributed by atoms with Crippen LogP contribution < -0.4 is 15.4 Å². The first-order valence-electron chi connectivity index (χ1n) is 11.2. The van der Waals surface area contributed by atoms with Gasteiger partial charge in [0.15, 0.2) is 5.11 Å². The third kappa shape index (κ3) is 6.53. The average molecular weight is 467 g/mol. The summed E-state index contributed by atoms with van der Waals surface area (Å²) < 4.78 is 5.90. The number of amides is 1. The minimum absolute atomic E-state index is 0.190. The van der Waals surface area contributed by atoms with Gasteiger partial charge in [0, 0.05) is 18.2 Å². The van der Waals surface area contributed by atoms with Crippen LogP contribution in [0.4, 0.5) is 5.69 Å². The summed E-state index contributed by atoms with van der Waals surface area (Å²) in [6.07, 6.45) is 0.827. The van der Waals surface area contributed by atoms with Gasteiger partial charge >= 0.3 is 0 Å². The van der Waals surface area contributed by atoms with Crippen LogP contribution in [0.25, 0.3) is 0 Å². The van der Waals surface area contributed by atoms with Gasteiger partial charge in [-0.3, -0.25) is 4.79 Å². The summed E-state index contributed by atoms with van der Waals surface area (Å²) in [6, 6.07) is 37.1. The van der Waals surface area contributed by atoms with Gasteiger partial charge in [0.2, 0.25) is 5.91 Å². The van der Waals surface area contributed by atoms with Crippen molar-refractivity contribution < 1.29 is 9.53 Å². The third-order valence-electron chi connectivity index (χ3n) is 5.36. The Morgan fingerprint density at radius 3 is 1.97 bits per heavy atom. The molecule has 0 aromatic heterocycles. The van der Waals surface area contributed by atoms with Crippen molar-refractivity contribution in [3.63, 3.8) is 0 Å². The van der Waals surface area contributed by atoms with E-state index in [9.17, 15) is 4.79 Å². The lowest BCUT2D eigenvalue weighted by Crippen LogP contribution is -2.37. The van der Waals surface area contributed by atoms with E-state index < -0.39 is 5.92 Å². The van der Waals surface area contributed by atoms with Gasteiger partial charge < -0.3 is 15.4 Å². The number of rotatable bonds is 8. The lowest BCUT2D eigenvalue weighted by atomic mass is 9.90. The molecule has 0 aliphatic rings. The highest BCUT2D eigenvalue weighted by atomic mass is 32.1. The molecular formula is C29H26N2O2S. The summed E-state index contributed by atoms with van der Waals surface area (Å²) >= 11 is 5.44. The Bertz CT molecular complexity index is 1180. The van der Waals surface area contributed by atoms with Crippen molar-refractivity contribution in [2.45, 2.75) is 12.3 Å². The van der Waals surface area contributed by atoms with Crippen LogP contribution in [-0.4, -0.2) is 17.6 Å². The lowest BCUT2D eigenvalue weighted by Gasteiger charge is -2.19. The van der Waals surface area contributed by atoms with Gasteiger partial charge in [-0.15, -0.1) is 0 Å². The van der Waals surface area contributed by atoms with Gasteiger partial charge in [-0.2, -0.15) is 0 Å². The molecule has 0 radical (unpaired) electrons. The molecule has 0 saturated carbocycles. The maximum atomic E-state index is 13.2. The second-order valence-electron chi connectivity index (χ2n) is 7.81. The first kappa shape index (κ1) is 23.2. The Balaban J connectivity index is 1.37. The normalized spacial score (nSPS) is 10.5. The van der Waals surface area contributed by atoms with Crippen LogP contribution in [0, 0.1) is 0 Å². The van der Waals surface area contributed by atoms with E-state index in [0.717, 1.165) is 29.0 Å². The summed E-state index contributed by atoms with van der Waals surface area (Å²) in [5.41, 5.74) is 3.79. The Labute approximate surface area is 205 Å². The summed E-state index contributed by atoms with van der Waals surface area (Å²) in [7, 11) is 0. The van der Waals surface area contributed by atoms with Crippen molar-refractivity contribution in [2.75, 3.05) is 11.9 Å². The number of benzene rings is 4. The molecule has 0 bridgehead atoms. The number of carbonyl (C=O) groups is 1. The molecule has 2 N–H and O–H groups in total. The highest BCUT2D eigenvalue weighted by Crippen LogP contribution is 2.25. The van der Waals surface area contributed by atoms with Crippen LogP contribution in [0.5, 0.6) is 5.75 Å². The van der Waals surface area contributed by atoms with Crippen molar-refractivity contribution in [3.8, 4) is 5.75 Å². The predicted octanol–water partition coefficient (Wildman–Crippen LogP) is 5.95. The molecule has 5 heteroatoms. The van der Waals surface area contributed by atoms with E-state index in [-0.39, 0.29) is 11.0 Å². The fraction of sp³-hybridized carbons (Fsp3) is 0.103. The molecule has 34 heavy (non-hydrogen) atoms. The van der Waals surface area contributed by atoms with Crippen molar-refractivity contribution in [1.29, 1.82) is 0 Å². The minimum atomic E-state index is -0.463. The molecule has 4 rings (SSSR count). The molecule has 4 aromatic rings. The van der Waals surface area contributed by atoms with Crippen molar-refractivity contribution in [3.05, 3.63) is 132 Å². The molecule has 0 heterocycles. The van der Waals surface area contributed by atoms with E-state index >= 15 is 0 Å². The van der Waals surface area contributed by atoms with Gasteiger partial charge in [-0.05, 0) is 41.0 Å². The topological polar surface area (TPSA) is 50.4 Å². The van der Waals surface area contributed by atoms with Gasteiger partial charge in [0.25, 0.3) is 0 Å². The standard InChI is InChI=1S/C29H26N2O2S/c32-28(27(23-13-6-2-7-14-23)24-15-8-3-9-16-24)31-29(34)30-25-17-10-18-26(21-25)33-20-19-22-11-4-1-5-12-22/h1-18,21,27H,19-20H2,(H2,30,31,32,34). The Kier molecular flexibility index (Phi) is 8.04. The highest BCUT2D eigenvalue weighted by Gasteiger charge is 2.23. The van der Waals surface area contributed by atoms with E-state index in [0.29, 0.717) is 6.61 Å². The molecule has 1 amide bonds. The molecule has 0 unspecified atom stereocenters. The lowest BCUT2D eigenvalue weighted by molar-refractivity contribution is -0.120. The zero-order valence-corrected chi connectivity index (χ0v) is 19.5. The number of ether oxygens (including phenoxy) is 1. The van der Waals surface area contributed by atoms with Crippen LogP contribution in [0.1, 0.15) is 22.6 Å². The fourth-order valence-electron chi connectivity index (χ4n) is 3.73. The number of thiocarbonyl (C=S) groups is 1. The third-order valence-corrected chi connectivity index (χ3v) is 5.56. The van der Waals surface area contributed by atoms with E-state index in [1.54, 1.807) is 0 Å². The van der Waals surface area contributed by atoms with Gasteiger partial charge in [-0.1, -0.05) is 97.1 Å². The van der Waals surface area contributed by atoms with Gasteiger partial charge in [-0.25, -0.2) is 0 Å². The van der Waals surface area contributed by atoms with E-state index in [1.165, 1.54) is 5.56 Å². The summed E-state index contributed by atoms with van der Waals surface area (Å²) in [5, 5.41) is 6.19. The SMILES string of the molecule is O=C(NC(=S)Nc1cccc(OCCc2ccccc2)c1)C(c1ccccc1)c1ccccc1. The molecule has 0 aliphatic heterocycles. The first-order valence-corrected chi connectivity index (χ1v) is 11.6.